The SMILES string of the molecule is CC(C)(C)OC(=O)C1CCN(C(=O)OC(C)(C)C)CCC1=O. The van der Waals surface area contributed by atoms with Crippen LogP contribution in [0, 0.1) is 5.92 Å². The van der Waals surface area contributed by atoms with Crippen LogP contribution < -0.4 is 0 Å². The zero-order valence-electron chi connectivity index (χ0n) is 14.4. The molecule has 1 rings (SSSR count). The fourth-order valence-corrected chi connectivity index (χ4v) is 2.11. The molecule has 0 aromatic heterocycles. The Labute approximate surface area is 132 Å². The van der Waals surface area contributed by atoms with Crippen LogP contribution in [-0.4, -0.2) is 47.0 Å². The van der Waals surface area contributed by atoms with E-state index in [0.29, 0.717) is 6.54 Å². The van der Waals surface area contributed by atoms with E-state index < -0.39 is 29.2 Å². The summed E-state index contributed by atoms with van der Waals surface area (Å²) in [6, 6.07) is 0. The number of esters is 1. The van der Waals surface area contributed by atoms with E-state index in [1.165, 1.54) is 4.90 Å². The van der Waals surface area contributed by atoms with Gasteiger partial charge in [-0.2, -0.15) is 0 Å². The third kappa shape index (κ3) is 6.03. The molecule has 0 radical (unpaired) electrons. The van der Waals surface area contributed by atoms with Gasteiger partial charge in [-0.3, -0.25) is 9.59 Å². The molecule has 1 unspecified atom stereocenters. The van der Waals surface area contributed by atoms with E-state index in [2.05, 4.69) is 0 Å². The summed E-state index contributed by atoms with van der Waals surface area (Å²) in [5, 5.41) is 0. The van der Waals surface area contributed by atoms with E-state index in [1.54, 1.807) is 41.5 Å². The number of rotatable bonds is 1. The minimum absolute atomic E-state index is 0.142. The predicted molar refractivity (Wildman–Crippen MR) is 81.4 cm³/mol. The molecule has 0 aromatic rings. The van der Waals surface area contributed by atoms with Crippen LogP contribution in [0.25, 0.3) is 0 Å². The van der Waals surface area contributed by atoms with Crippen molar-refractivity contribution < 1.29 is 23.9 Å². The molecule has 1 fully saturated rings. The Kier molecular flexibility index (Phi) is 5.59. The predicted octanol–water partition coefficient (Wildman–Crippen LogP) is 2.54. The topological polar surface area (TPSA) is 72.9 Å². The second kappa shape index (κ2) is 6.67. The van der Waals surface area contributed by atoms with E-state index in [-0.39, 0.29) is 25.2 Å². The number of likely N-dealkylation sites (tertiary alicyclic amines) is 1. The number of carbonyl (C=O) groups excluding carboxylic acids is 3. The van der Waals surface area contributed by atoms with Crippen molar-refractivity contribution in [1.82, 2.24) is 4.90 Å². The molecular formula is C16H27NO5. The maximum atomic E-state index is 12.1. The van der Waals surface area contributed by atoms with Crippen molar-refractivity contribution in [1.29, 1.82) is 0 Å². The molecule has 126 valence electrons. The number of hydrogen-bond acceptors (Lipinski definition) is 5. The molecule has 1 aliphatic heterocycles. The van der Waals surface area contributed by atoms with Gasteiger partial charge in [-0.25, -0.2) is 4.79 Å². The van der Waals surface area contributed by atoms with Crippen LogP contribution in [0.3, 0.4) is 0 Å². The Hall–Kier alpha value is -1.59. The van der Waals surface area contributed by atoms with Gasteiger partial charge in [-0.15, -0.1) is 0 Å². The Balaban J connectivity index is 2.69. The number of Topliss-reactive ketones (excluding diaryl/α,β-unsaturated/α-hetero) is 1. The average molecular weight is 313 g/mol. The highest BCUT2D eigenvalue weighted by molar-refractivity contribution is 5.99. The lowest BCUT2D eigenvalue weighted by atomic mass is 9.99. The number of ketones is 1. The smallest absolute Gasteiger partial charge is 0.410 e. The first-order valence-electron chi connectivity index (χ1n) is 7.62. The molecule has 1 aliphatic rings. The highest BCUT2D eigenvalue weighted by Gasteiger charge is 2.35. The average Bonchev–Trinajstić information content (AvgIpc) is 2.46. The quantitative estimate of drug-likeness (QED) is 0.549. The van der Waals surface area contributed by atoms with Crippen molar-refractivity contribution in [2.45, 2.75) is 65.6 Å². The van der Waals surface area contributed by atoms with Crippen molar-refractivity contribution >= 4 is 17.8 Å². The second-order valence-corrected chi connectivity index (χ2v) is 7.56. The monoisotopic (exact) mass is 313 g/mol. The zero-order valence-corrected chi connectivity index (χ0v) is 14.4. The molecule has 0 N–H and O–H groups in total. The lowest BCUT2D eigenvalue weighted by Gasteiger charge is -2.26. The first kappa shape index (κ1) is 18.5. The fourth-order valence-electron chi connectivity index (χ4n) is 2.11. The number of nitrogens with zero attached hydrogens (tertiary/aromatic N) is 1. The molecule has 1 atom stereocenters. The first-order chi connectivity index (χ1) is 9.89. The standard InChI is InChI=1S/C16H27NO5/c1-15(2,3)21-13(19)11-7-9-17(10-8-12(11)18)14(20)22-16(4,5)6/h11H,7-10H2,1-6H3. The summed E-state index contributed by atoms with van der Waals surface area (Å²) >= 11 is 0. The van der Waals surface area contributed by atoms with Gasteiger partial charge in [0.25, 0.3) is 0 Å². The van der Waals surface area contributed by atoms with Gasteiger partial charge in [0.05, 0.1) is 0 Å². The van der Waals surface area contributed by atoms with Gasteiger partial charge in [0.15, 0.2) is 0 Å². The van der Waals surface area contributed by atoms with Gasteiger partial charge < -0.3 is 14.4 Å². The number of ether oxygens (including phenoxy) is 2. The van der Waals surface area contributed by atoms with Crippen LogP contribution in [-0.2, 0) is 19.1 Å². The van der Waals surface area contributed by atoms with Crippen LogP contribution >= 0.6 is 0 Å². The van der Waals surface area contributed by atoms with Gasteiger partial charge in [-0.05, 0) is 48.0 Å². The van der Waals surface area contributed by atoms with Crippen molar-refractivity contribution in [2.24, 2.45) is 5.92 Å². The van der Waals surface area contributed by atoms with Crippen molar-refractivity contribution in [3.63, 3.8) is 0 Å². The number of hydrogen-bond donors (Lipinski definition) is 0. The van der Waals surface area contributed by atoms with Crippen LogP contribution in [0.1, 0.15) is 54.4 Å². The first-order valence-corrected chi connectivity index (χ1v) is 7.62. The third-order valence-corrected chi connectivity index (χ3v) is 3.05. The molecule has 1 heterocycles. The van der Waals surface area contributed by atoms with Crippen molar-refractivity contribution in [3.05, 3.63) is 0 Å². The number of amides is 1. The van der Waals surface area contributed by atoms with Crippen LogP contribution in [0.15, 0.2) is 0 Å². The molecule has 6 heteroatoms. The Morgan fingerprint density at radius 1 is 1.00 bits per heavy atom. The van der Waals surface area contributed by atoms with Gasteiger partial charge in [0.1, 0.15) is 22.9 Å². The molecule has 6 nitrogen and oxygen atoms in total. The Bertz CT molecular complexity index is 444. The summed E-state index contributed by atoms with van der Waals surface area (Å²) < 4.78 is 10.6. The second-order valence-electron chi connectivity index (χ2n) is 7.56. The summed E-state index contributed by atoms with van der Waals surface area (Å²) in [6.45, 7) is 11.2. The summed E-state index contributed by atoms with van der Waals surface area (Å²) in [5.41, 5.74) is -1.22. The van der Waals surface area contributed by atoms with Crippen LogP contribution in [0.4, 0.5) is 4.79 Å². The lowest BCUT2D eigenvalue weighted by molar-refractivity contribution is -0.162. The van der Waals surface area contributed by atoms with Crippen LogP contribution in [0.2, 0.25) is 0 Å². The molecule has 0 bridgehead atoms. The van der Waals surface area contributed by atoms with E-state index in [1.807, 2.05) is 0 Å². The van der Waals surface area contributed by atoms with Crippen molar-refractivity contribution in [3.8, 4) is 0 Å². The molecule has 1 saturated heterocycles. The van der Waals surface area contributed by atoms with E-state index >= 15 is 0 Å². The van der Waals surface area contributed by atoms with E-state index in [4.69, 9.17) is 9.47 Å². The third-order valence-electron chi connectivity index (χ3n) is 3.05. The number of carbonyl (C=O) groups is 3. The Morgan fingerprint density at radius 3 is 2.05 bits per heavy atom. The van der Waals surface area contributed by atoms with Gasteiger partial charge in [0, 0.05) is 19.5 Å². The fraction of sp³-hybridized carbons (Fsp3) is 0.812. The maximum Gasteiger partial charge on any atom is 0.410 e. The van der Waals surface area contributed by atoms with Gasteiger partial charge >= 0.3 is 12.1 Å². The Morgan fingerprint density at radius 2 is 1.55 bits per heavy atom. The van der Waals surface area contributed by atoms with E-state index in [0.717, 1.165) is 0 Å². The molecule has 1 amide bonds. The lowest BCUT2D eigenvalue weighted by Crippen LogP contribution is -2.37. The molecule has 0 saturated carbocycles. The largest absolute Gasteiger partial charge is 0.459 e. The molecule has 0 aliphatic carbocycles. The molecule has 0 aromatic carbocycles. The maximum absolute atomic E-state index is 12.1. The summed E-state index contributed by atoms with van der Waals surface area (Å²) in [5.74, 6) is -1.49. The summed E-state index contributed by atoms with van der Waals surface area (Å²) in [6.07, 6.45) is -0.0407. The minimum atomic E-state index is -0.799. The molecular weight excluding hydrogens is 286 g/mol. The molecule has 22 heavy (non-hydrogen) atoms. The highest BCUT2D eigenvalue weighted by atomic mass is 16.6. The van der Waals surface area contributed by atoms with Crippen molar-refractivity contribution in [2.75, 3.05) is 13.1 Å². The zero-order chi connectivity index (χ0) is 17.1. The van der Waals surface area contributed by atoms with Crippen LogP contribution in [0.5, 0.6) is 0 Å². The normalized spacial score (nSPS) is 20.4. The van der Waals surface area contributed by atoms with Gasteiger partial charge in [-0.1, -0.05) is 0 Å². The summed E-state index contributed by atoms with van der Waals surface area (Å²) in [4.78, 5) is 37.8. The highest BCUT2D eigenvalue weighted by Crippen LogP contribution is 2.20. The van der Waals surface area contributed by atoms with Gasteiger partial charge in [0.2, 0.25) is 0 Å². The summed E-state index contributed by atoms with van der Waals surface area (Å²) in [7, 11) is 0. The molecule has 0 spiro atoms. The van der Waals surface area contributed by atoms with E-state index in [9.17, 15) is 14.4 Å². The minimum Gasteiger partial charge on any atom is -0.459 e.